The van der Waals surface area contributed by atoms with E-state index in [0.29, 0.717) is 11.3 Å². The van der Waals surface area contributed by atoms with Gasteiger partial charge in [0.25, 0.3) is 0 Å². The van der Waals surface area contributed by atoms with Crippen molar-refractivity contribution in [3.63, 3.8) is 0 Å². The van der Waals surface area contributed by atoms with E-state index in [1.807, 2.05) is 0 Å². The molecule has 1 saturated carbocycles. The van der Waals surface area contributed by atoms with Gasteiger partial charge in [-0.2, -0.15) is 0 Å². The van der Waals surface area contributed by atoms with Crippen LogP contribution >= 0.6 is 0 Å². The number of hydrogen-bond acceptors (Lipinski definition) is 2. The van der Waals surface area contributed by atoms with Crippen LogP contribution in [0.2, 0.25) is 0 Å². The molecule has 0 aliphatic heterocycles. The summed E-state index contributed by atoms with van der Waals surface area (Å²) in [5, 5.41) is 0. The topological polar surface area (TPSA) is 26.3 Å². The highest BCUT2D eigenvalue weighted by Gasteiger charge is 2.30. The molecule has 2 atom stereocenters. The van der Waals surface area contributed by atoms with Crippen molar-refractivity contribution in [3.05, 3.63) is 0 Å². The van der Waals surface area contributed by atoms with Gasteiger partial charge < -0.3 is 4.74 Å². The summed E-state index contributed by atoms with van der Waals surface area (Å²) >= 11 is 0. The summed E-state index contributed by atoms with van der Waals surface area (Å²) in [7, 11) is 0. The molecule has 1 aliphatic carbocycles. The summed E-state index contributed by atoms with van der Waals surface area (Å²) < 4.78 is 5.34. The van der Waals surface area contributed by atoms with Gasteiger partial charge in [0, 0.05) is 6.92 Å². The van der Waals surface area contributed by atoms with Crippen LogP contribution < -0.4 is 0 Å². The second-order valence-electron chi connectivity index (χ2n) is 5.37. The molecular weight excluding hydrogens is 176 g/mol. The Labute approximate surface area is 87.0 Å². The highest BCUT2D eigenvalue weighted by molar-refractivity contribution is 5.66. The maximum absolute atomic E-state index is 10.9. The summed E-state index contributed by atoms with van der Waals surface area (Å²) in [6, 6.07) is 0. The highest BCUT2D eigenvalue weighted by atomic mass is 16.5. The van der Waals surface area contributed by atoms with Crippen molar-refractivity contribution in [2.75, 3.05) is 0 Å². The zero-order valence-corrected chi connectivity index (χ0v) is 9.80. The lowest BCUT2D eigenvalue weighted by molar-refractivity contribution is -0.149. The van der Waals surface area contributed by atoms with E-state index in [0.717, 1.165) is 12.8 Å². The van der Waals surface area contributed by atoms with Gasteiger partial charge >= 0.3 is 5.97 Å². The lowest BCUT2D eigenvalue weighted by Crippen LogP contribution is -2.22. The molecule has 0 amide bonds. The summed E-state index contributed by atoms with van der Waals surface area (Å²) in [5.74, 6) is 0.377. The number of rotatable bonds is 1. The van der Waals surface area contributed by atoms with Crippen LogP contribution in [0.3, 0.4) is 0 Å². The predicted octanol–water partition coefficient (Wildman–Crippen LogP) is 3.15. The fourth-order valence-electron chi connectivity index (χ4n) is 2.14. The molecule has 0 bridgehead atoms. The first kappa shape index (κ1) is 11.5. The molecule has 0 N–H and O–H groups in total. The first-order valence-electron chi connectivity index (χ1n) is 5.58. The standard InChI is InChI=1S/C12H22O2/c1-9-5-7-12(3,4)8-6-11(9)14-10(2)13/h9,11H,5-8H2,1-4H3. The molecule has 0 saturated heterocycles. The van der Waals surface area contributed by atoms with Gasteiger partial charge in [-0.05, 0) is 37.0 Å². The van der Waals surface area contributed by atoms with Gasteiger partial charge in [0.15, 0.2) is 0 Å². The smallest absolute Gasteiger partial charge is 0.302 e. The number of esters is 1. The first-order valence-corrected chi connectivity index (χ1v) is 5.58. The van der Waals surface area contributed by atoms with Crippen molar-refractivity contribution < 1.29 is 9.53 Å². The summed E-state index contributed by atoms with van der Waals surface area (Å²) in [5.41, 5.74) is 0.420. The minimum atomic E-state index is -0.137. The molecule has 1 rings (SSSR count). The minimum Gasteiger partial charge on any atom is -0.462 e. The number of ether oxygens (including phenoxy) is 1. The highest BCUT2D eigenvalue weighted by Crippen LogP contribution is 2.37. The number of hydrogen-bond donors (Lipinski definition) is 0. The fourth-order valence-corrected chi connectivity index (χ4v) is 2.14. The molecule has 2 heteroatoms. The molecule has 82 valence electrons. The van der Waals surface area contributed by atoms with Gasteiger partial charge in [0.2, 0.25) is 0 Å². The molecule has 0 radical (unpaired) electrons. The van der Waals surface area contributed by atoms with E-state index < -0.39 is 0 Å². The van der Waals surface area contributed by atoms with Crippen LogP contribution in [-0.2, 0) is 9.53 Å². The Morgan fingerprint density at radius 1 is 1.29 bits per heavy atom. The summed E-state index contributed by atoms with van der Waals surface area (Å²) in [4.78, 5) is 10.9. The van der Waals surface area contributed by atoms with E-state index in [9.17, 15) is 4.79 Å². The number of carbonyl (C=O) groups excluding carboxylic acids is 1. The molecule has 2 nitrogen and oxygen atoms in total. The normalized spacial score (nSPS) is 32.0. The molecule has 2 unspecified atom stereocenters. The van der Waals surface area contributed by atoms with Gasteiger partial charge in [0.1, 0.15) is 6.10 Å². The van der Waals surface area contributed by atoms with E-state index in [2.05, 4.69) is 20.8 Å². The Balaban J connectivity index is 2.56. The molecule has 14 heavy (non-hydrogen) atoms. The molecular formula is C12H22O2. The molecule has 0 heterocycles. The minimum absolute atomic E-state index is 0.137. The van der Waals surface area contributed by atoms with Crippen molar-refractivity contribution in [2.24, 2.45) is 11.3 Å². The third-order valence-electron chi connectivity index (χ3n) is 3.33. The van der Waals surface area contributed by atoms with Crippen LogP contribution in [-0.4, -0.2) is 12.1 Å². The van der Waals surface area contributed by atoms with Crippen LogP contribution in [0.5, 0.6) is 0 Å². The fraction of sp³-hybridized carbons (Fsp3) is 0.917. The Bertz CT molecular complexity index is 208. The molecule has 1 aliphatic rings. The van der Waals surface area contributed by atoms with E-state index in [1.54, 1.807) is 0 Å². The van der Waals surface area contributed by atoms with Crippen LogP contribution in [0, 0.1) is 11.3 Å². The lowest BCUT2D eigenvalue weighted by Gasteiger charge is -2.21. The Hall–Kier alpha value is -0.530. The molecule has 0 aromatic carbocycles. The van der Waals surface area contributed by atoms with Gasteiger partial charge in [-0.25, -0.2) is 0 Å². The summed E-state index contributed by atoms with van der Waals surface area (Å²) in [6.07, 6.45) is 4.74. The molecule has 0 aromatic heterocycles. The van der Waals surface area contributed by atoms with Crippen LogP contribution in [0.25, 0.3) is 0 Å². The van der Waals surface area contributed by atoms with Crippen molar-refractivity contribution in [1.82, 2.24) is 0 Å². The second kappa shape index (κ2) is 4.33. The second-order valence-corrected chi connectivity index (χ2v) is 5.37. The van der Waals surface area contributed by atoms with Gasteiger partial charge in [0.05, 0.1) is 0 Å². The SMILES string of the molecule is CC(=O)OC1CCC(C)(C)CCC1C. The summed E-state index contributed by atoms with van der Waals surface area (Å²) in [6.45, 7) is 8.30. The first-order chi connectivity index (χ1) is 6.41. The molecule has 1 fully saturated rings. The maximum Gasteiger partial charge on any atom is 0.302 e. The Morgan fingerprint density at radius 3 is 2.43 bits per heavy atom. The van der Waals surface area contributed by atoms with Crippen molar-refractivity contribution in [1.29, 1.82) is 0 Å². The van der Waals surface area contributed by atoms with Gasteiger partial charge in [-0.3, -0.25) is 4.79 Å². The molecule has 0 aromatic rings. The largest absolute Gasteiger partial charge is 0.462 e. The lowest BCUT2D eigenvalue weighted by atomic mass is 9.85. The Morgan fingerprint density at radius 2 is 1.86 bits per heavy atom. The average Bonchev–Trinajstić information content (AvgIpc) is 2.17. The van der Waals surface area contributed by atoms with E-state index >= 15 is 0 Å². The van der Waals surface area contributed by atoms with Crippen molar-refractivity contribution in [3.8, 4) is 0 Å². The van der Waals surface area contributed by atoms with Crippen LogP contribution in [0.4, 0.5) is 0 Å². The van der Waals surface area contributed by atoms with Crippen molar-refractivity contribution in [2.45, 2.75) is 59.5 Å². The zero-order valence-electron chi connectivity index (χ0n) is 9.80. The number of carbonyl (C=O) groups is 1. The van der Waals surface area contributed by atoms with Crippen molar-refractivity contribution >= 4 is 5.97 Å². The third kappa shape index (κ3) is 3.32. The maximum atomic E-state index is 10.9. The average molecular weight is 198 g/mol. The van der Waals surface area contributed by atoms with Crippen LogP contribution in [0.15, 0.2) is 0 Å². The van der Waals surface area contributed by atoms with E-state index in [4.69, 9.17) is 4.74 Å². The van der Waals surface area contributed by atoms with E-state index in [-0.39, 0.29) is 12.1 Å². The van der Waals surface area contributed by atoms with Gasteiger partial charge in [-0.15, -0.1) is 0 Å². The van der Waals surface area contributed by atoms with Crippen LogP contribution in [0.1, 0.15) is 53.4 Å². The predicted molar refractivity (Wildman–Crippen MR) is 57.0 cm³/mol. The Kier molecular flexibility index (Phi) is 3.57. The van der Waals surface area contributed by atoms with Gasteiger partial charge in [-0.1, -0.05) is 20.8 Å². The quantitative estimate of drug-likeness (QED) is 0.478. The third-order valence-corrected chi connectivity index (χ3v) is 3.33. The molecule has 0 spiro atoms. The zero-order chi connectivity index (χ0) is 10.8. The van der Waals surface area contributed by atoms with E-state index in [1.165, 1.54) is 19.8 Å². The monoisotopic (exact) mass is 198 g/mol.